The van der Waals surface area contributed by atoms with Gasteiger partial charge in [0.15, 0.2) is 0 Å². The van der Waals surface area contributed by atoms with E-state index in [-0.39, 0.29) is 0 Å². The van der Waals surface area contributed by atoms with Crippen molar-refractivity contribution in [2.75, 3.05) is 20.0 Å². The fourth-order valence-corrected chi connectivity index (χ4v) is 2.50. The molecule has 2 aliphatic rings. The minimum Gasteiger partial charge on any atom is -0.355 e. The van der Waals surface area contributed by atoms with Gasteiger partial charge in [-0.15, -0.1) is 0 Å². The first kappa shape index (κ1) is 8.52. The second kappa shape index (κ2) is 3.35. The summed E-state index contributed by atoms with van der Waals surface area (Å²) in [7, 11) is 0. The average molecular weight is 170 g/mol. The lowest BCUT2D eigenvalue weighted by Gasteiger charge is -2.44. The van der Waals surface area contributed by atoms with E-state index in [1.165, 1.54) is 25.7 Å². The van der Waals surface area contributed by atoms with Crippen LogP contribution in [-0.2, 0) is 9.47 Å². The molecule has 2 rings (SSSR count). The van der Waals surface area contributed by atoms with Gasteiger partial charge in [0.25, 0.3) is 0 Å². The third kappa shape index (κ3) is 1.38. The van der Waals surface area contributed by atoms with E-state index in [1.807, 2.05) is 0 Å². The summed E-state index contributed by atoms with van der Waals surface area (Å²) < 4.78 is 10.8. The Morgan fingerprint density at radius 2 is 1.92 bits per heavy atom. The van der Waals surface area contributed by atoms with Crippen LogP contribution in [0.2, 0.25) is 0 Å². The van der Waals surface area contributed by atoms with Crippen molar-refractivity contribution in [2.45, 2.75) is 32.6 Å². The standard InChI is InChI=1S/C10H18O2/c1-9-4-2-3-5-10(9)6-11-8-12-7-10/h9H,2-8H2,1H3. The molecule has 1 saturated heterocycles. The van der Waals surface area contributed by atoms with Crippen molar-refractivity contribution in [3.05, 3.63) is 0 Å². The molecular weight excluding hydrogens is 152 g/mol. The van der Waals surface area contributed by atoms with E-state index in [0.717, 1.165) is 19.1 Å². The first-order valence-corrected chi connectivity index (χ1v) is 4.99. The van der Waals surface area contributed by atoms with Crippen LogP contribution >= 0.6 is 0 Å². The van der Waals surface area contributed by atoms with Crippen LogP contribution in [0.25, 0.3) is 0 Å². The molecule has 2 nitrogen and oxygen atoms in total. The predicted molar refractivity (Wildman–Crippen MR) is 46.8 cm³/mol. The summed E-state index contributed by atoms with van der Waals surface area (Å²) in [4.78, 5) is 0. The Kier molecular flexibility index (Phi) is 2.37. The first-order chi connectivity index (χ1) is 5.83. The molecule has 70 valence electrons. The van der Waals surface area contributed by atoms with Gasteiger partial charge in [-0.25, -0.2) is 0 Å². The molecule has 0 bridgehead atoms. The van der Waals surface area contributed by atoms with Crippen LogP contribution in [-0.4, -0.2) is 20.0 Å². The van der Waals surface area contributed by atoms with Crippen LogP contribution in [0.15, 0.2) is 0 Å². The summed E-state index contributed by atoms with van der Waals surface area (Å²) in [6.07, 6.45) is 5.40. The molecular formula is C10H18O2. The summed E-state index contributed by atoms with van der Waals surface area (Å²) in [6, 6.07) is 0. The summed E-state index contributed by atoms with van der Waals surface area (Å²) in [5, 5.41) is 0. The zero-order valence-electron chi connectivity index (χ0n) is 7.84. The topological polar surface area (TPSA) is 18.5 Å². The van der Waals surface area contributed by atoms with Crippen molar-refractivity contribution in [2.24, 2.45) is 11.3 Å². The molecule has 0 amide bonds. The lowest BCUT2D eigenvalue weighted by molar-refractivity contribution is -0.188. The largest absolute Gasteiger partial charge is 0.355 e. The van der Waals surface area contributed by atoms with Gasteiger partial charge in [0.05, 0.1) is 13.2 Å². The molecule has 0 N–H and O–H groups in total. The SMILES string of the molecule is CC1CCCCC12COCOC2. The zero-order chi connectivity index (χ0) is 8.44. The van der Waals surface area contributed by atoms with E-state index >= 15 is 0 Å². The fraction of sp³-hybridized carbons (Fsp3) is 1.00. The Morgan fingerprint density at radius 1 is 1.17 bits per heavy atom. The molecule has 2 heteroatoms. The van der Waals surface area contributed by atoms with Crippen LogP contribution in [0, 0.1) is 11.3 Å². The summed E-state index contributed by atoms with van der Waals surface area (Å²) in [5.74, 6) is 0.784. The maximum atomic E-state index is 5.41. The Hall–Kier alpha value is -0.0800. The molecule has 1 aliphatic carbocycles. The lowest BCUT2D eigenvalue weighted by Crippen LogP contribution is -2.44. The molecule has 1 spiro atoms. The number of hydrogen-bond donors (Lipinski definition) is 0. The van der Waals surface area contributed by atoms with E-state index in [0.29, 0.717) is 12.2 Å². The number of rotatable bonds is 0. The fourth-order valence-electron chi connectivity index (χ4n) is 2.50. The molecule has 0 radical (unpaired) electrons. The van der Waals surface area contributed by atoms with Crippen molar-refractivity contribution in [1.82, 2.24) is 0 Å². The Balaban J connectivity index is 2.04. The molecule has 0 aromatic rings. The zero-order valence-corrected chi connectivity index (χ0v) is 7.84. The average Bonchev–Trinajstić information content (AvgIpc) is 2.12. The third-order valence-electron chi connectivity index (χ3n) is 3.55. The first-order valence-electron chi connectivity index (χ1n) is 4.99. The van der Waals surface area contributed by atoms with Gasteiger partial charge < -0.3 is 9.47 Å². The van der Waals surface area contributed by atoms with Crippen molar-refractivity contribution in [3.63, 3.8) is 0 Å². The van der Waals surface area contributed by atoms with Crippen molar-refractivity contribution in [1.29, 1.82) is 0 Å². The predicted octanol–water partition coefficient (Wildman–Crippen LogP) is 2.19. The minimum absolute atomic E-state index is 0.372. The van der Waals surface area contributed by atoms with Crippen LogP contribution < -0.4 is 0 Å². The smallest absolute Gasteiger partial charge is 0.146 e. The van der Waals surface area contributed by atoms with Crippen molar-refractivity contribution >= 4 is 0 Å². The molecule has 1 saturated carbocycles. The molecule has 0 aromatic carbocycles. The Bertz CT molecular complexity index is 142. The molecule has 1 aliphatic heterocycles. The van der Waals surface area contributed by atoms with E-state index < -0.39 is 0 Å². The summed E-state index contributed by atoms with van der Waals surface area (Å²) >= 11 is 0. The van der Waals surface area contributed by atoms with Gasteiger partial charge in [-0.3, -0.25) is 0 Å². The van der Waals surface area contributed by atoms with E-state index in [1.54, 1.807) is 0 Å². The molecule has 1 heterocycles. The van der Waals surface area contributed by atoms with Crippen LogP contribution in [0.5, 0.6) is 0 Å². The van der Waals surface area contributed by atoms with Crippen molar-refractivity contribution < 1.29 is 9.47 Å². The van der Waals surface area contributed by atoms with Crippen molar-refractivity contribution in [3.8, 4) is 0 Å². The van der Waals surface area contributed by atoms with Crippen LogP contribution in [0.1, 0.15) is 32.6 Å². The Labute approximate surface area is 74.2 Å². The molecule has 0 aromatic heterocycles. The van der Waals surface area contributed by atoms with Gasteiger partial charge in [-0.2, -0.15) is 0 Å². The Morgan fingerprint density at radius 3 is 2.58 bits per heavy atom. The highest BCUT2D eigenvalue weighted by Crippen LogP contribution is 2.42. The number of ether oxygens (including phenoxy) is 2. The minimum atomic E-state index is 0.372. The van der Waals surface area contributed by atoms with Crippen LogP contribution in [0.4, 0.5) is 0 Å². The van der Waals surface area contributed by atoms with Gasteiger partial charge >= 0.3 is 0 Å². The van der Waals surface area contributed by atoms with Gasteiger partial charge in [0.1, 0.15) is 6.79 Å². The second-order valence-electron chi connectivity index (χ2n) is 4.32. The van der Waals surface area contributed by atoms with Gasteiger partial charge in [0, 0.05) is 5.41 Å². The number of hydrogen-bond acceptors (Lipinski definition) is 2. The maximum Gasteiger partial charge on any atom is 0.146 e. The van der Waals surface area contributed by atoms with Gasteiger partial charge in [-0.05, 0) is 12.3 Å². The molecule has 1 unspecified atom stereocenters. The molecule has 2 fully saturated rings. The van der Waals surface area contributed by atoms with Gasteiger partial charge in [-0.1, -0.05) is 26.2 Å². The highest BCUT2D eigenvalue weighted by molar-refractivity contribution is 4.88. The van der Waals surface area contributed by atoms with E-state index in [9.17, 15) is 0 Å². The quantitative estimate of drug-likeness (QED) is 0.555. The van der Waals surface area contributed by atoms with E-state index in [4.69, 9.17) is 9.47 Å². The van der Waals surface area contributed by atoms with Gasteiger partial charge in [0.2, 0.25) is 0 Å². The molecule has 12 heavy (non-hydrogen) atoms. The normalized spacial score (nSPS) is 35.2. The molecule has 1 atom stereocenters. The third-order valence-corrected chi connectivity index (χ3v) is 3.55. The van der Waals surface area contributed by atoms with Crippen LogP contribution in [0.3, 0.4) is 0 Å². The maximum absolute atomic E-state index is 5.41. The summed E-state index contributed by atoms with van der Waals surface area (Å²) in [6.45, 7) is 4.70. The lowest BCUT2D eigenvalue weighted by atomic mass is 9.68. The highest BCUT2D eigenvalue weighted by atomic mass is 16.7. The monoisotopic (exact) mass is 170 g/mol. The highest BCUT2D eigenvalue weighted by Gasteiger charge is 2.40. The second-order valence-corrected chi connectivity index (χ2v) is 4.32. The van der Waals surface area contributed by atoms with E-state index in [2.05, 4.69) is 6.92 Å². The summed E-state index contributed by atoms with van der Waals surface area (Å²) in [5.41, 5.74) is 0.372.